The molecular formula is C16H28N2OS. The van der Waals surface area contributed by atoms with Crippen LogP contribution in [0.25, 0.3) is 0 Å². The van der Waals surface area contributed by atoms with Crippen molar-refractivity contribution in [1.82, 2.24) is 4.98 Å². The molecule has 1 heterocycles. The van der Waals surface area contributed by atoms with Crippen molar-refractivity contribution in [2.45, 2.75) is 71.1 Å². The van der Waals surface area contributed by atoms with Crippen LogP contribution in [0.3, 0.4) is 0 Å². The van der Waals surface area contributed by atoms with Gasteiger partial charge in [0, 0.05) is 18.2 Å². The van der Waals surface area contributed by atoms with Gasteiger partial charge in [0.05, 0.1) is 5.01 Å². The SMILES string of the molecule is CCCCCCCCCCC(=O)c1csc(CCN)n1. The van der Waals surface area contributed by atoms with Gasteiger partial charge < -0.3 is 5.73 Å². The van der Waals surface area contributed by atoms with E-state index in [0.717, 1.165) is 24.3 Å². The van der Waals surface area contributed by atoms with Gasteiger partial charge in [0.25, 0.3) is 0 Å². The molecule has 0 amide bonds. The van der Waals surface area contributed by atoms with Crippen LogP contribution in [0.1, 0.15) is 80.2 Å². The molecule has 0 atom stereocenters. The summed E-state index contributed by atoms with van der Waals surface area (Å²) in [6.07, 6.45) is 11.5. The number of carbonyl (C=O) groups excluding carboxylic acids is 1. The molecule has 0 aliphatic carbocycles. The predicted octanol–water partition coefficient (Wildman–Crippen LogP) is 4.36. The molecule has 2 N–H and O–H groups in total. The number of hydrogen-bond donors (Lipinski definition) is 1. The minimum atomic E-state index is 0.190. The lowest BCUT2D eigenvalue weighted by Gasteiger charge is -2.01. The molecule has 0 aromatic carbocycles. The Hall–Kier alpha value is -0.740. The van der Waals surface area contributed by atoms with Gasteiger partial charge >= 0.3 is 0 Å². The topological polar surface area (TPSA) is 56.0 Å². The molecular weight excluding hydrogens is 268 g/mol. The highest BCUT2D eigenvalue weighted by atomic mass is 32.1. The van der Waals surface area contributed by atoms with Crippen LogP contribution in [0.4, 0.5) is 0 Å². The van der Waals surface area contributed by atoms with E-state index < -0.39 is 0 Å². The van der Waals surface area contributed by atoms with Crippen LogP contribution in [0, 0.1) is 0 Å². The van der Waals surface area contributed by atoms with Crippen molar-refractivity contribution in [3.05, 3.63) is 16.1 Å². The van der Waals surface area contributed by atoms with Crippen LogP contribution in [-0.4, -0.2) is 17.3 Å². The number of Topliss-reactive ketones (excluding diaryl/α,β-unsaturated/α-hetero) is 1. The summed E-state index contributed by atoms with van der Waals surface area (Å²) in [4.78, 5) is 16.3. The number of hydrogen-bond acceptors (Lipinski definition) is 4. The van der Waals surface area contributed by atoms with Gasteiger partial charge in [0.15, 0.2) is 5.78 Å². The number of nitrogens with zero attached hydrogens (tertiary/aromatic N) is 1. The van der Waals surface area contributed by atoms with Gasteiger partial charge in [-0.25, -0.2) is 4.98 Å². The smallest absolute Gasteiger partial charge is 0.182 e. The lowest BCUT2D eigenvalue weighted by atomic mass is 10.1. The second-order valence-corrected chi connectivity index (χ2v) is 6.26. The first kappa shape index (κ1) is 17.3. The van der Waals surface area contributed by atoms with Gasteiger partial charge in [-0.3, -0.25) is 4.79 Å². The van der Waals surface area contributed by atoms with E-state index in [1.807, 2.05) is 5.38 Å². The van der Waals surface area contributed by atoms with Crippen molar-refractivity contribution < 1.29 is 4.79 Å². The third-order valence-corrected chi connectivity index (χ3v) is 4.36. The first-order valence-corrected chi connectivity index (χ1v) is 8.83. The van der Waals surface area contributed by atoms with E-state index in [-0.39, 0.29) is 5.78 Å². The quantitative estimate of drug-likeness (QED) is 0.460. The second-order valence-electron chi connectivity index (χ2n) is 5.31. The molecule has 114 valence electrons. The number of ketones is 1. The molecule has 0 bridgehead atoms. The van der Waals surface area contributed by atoms with Crippen LogP contribution >= 0.6 is 11.3 Å². The Labute approximate surface area is 127 Å². The van der Waals surface area contributed by atoms with Gasteiger partial charge in [0.1, 0.15) is 5.69 Å². The third kappa shape index (κ3) is 7.15. The van der Waals surface area contributed by atoms with Crippen molar-refractivity contribution in [2.24, 2.45) is 5.73 Å². The Morgan fingerprint density at radius 2 is 1.80 bits per heavy atom. The van der Waals surface area contributed by atoms with Gasteiger partial charge in [-0.15, -0.1) is 11.3 Å². The highest BCUT2D eigenvalue weighted by Gasteiger charge is 2.09. The molecule has 3 nitrogen and oxygen atoms in total. The lowest BCUT2D eigenvalue weighted by molar-refractivity contribution is 0.0975. The van der Waals surface area contributed by atoms with Crippen molar-refractivity contribution >= 4 is 17.1 Å². The number of unbranched alkanes of at least 4 members (excludes halogenated alkanes) is 7. The average molecular weight is 296 g/mol. The number of aromatic nitrogens is 1. The highest BCUT2D eigenvalue weighted by Crippen LogP contribution is 2.14. The molecule has 0 radical (unpaired) electrons. The van der Waals surface area contributed by atoms with Gasteiger partial charge in [-0.1, -0.05) is 51.9 Å². The zero-order chi connectivity index (χ0) is 14.6. The maximum Gasteiger partial charge on any atom is 0.182 e. The minimum absolute atomic E-state index is 0.190. The zero-order valence-electron chi connectivity index (χ0n) is 12.7. The molecule has 0 aliphatic rings. The van der Waals surface area contributed by atoms with Crippen LogP contribution < -0.4 is 5.73 Å². The number of rotatable bonds is 12. The number of nitrogens with two attached hydrogens (primary N) is 1. The maximum atomic E-state index is 11.9. The molecule has 20 heavy (non-hydrogen) atoms. The summed E-state index contributed by atoms with van der Waals surface area (Å²) in [6.45, 7) is 2.84. The largest absolute Gasteiger partial charge is 0.330 e. The minimum Gasteiger partial charge on any atom is -0.330 e. The van der Waals surface area contributed by atoms with Crippen molar-refractivity contribution in [3.8, 4) is 0 Å². The first-order valence-electron chi connectivity index (χ1n) is 7.95. The van der Waals surface area contributed by atoms with Crippen molar-refractivity contribution in [1.29, 1.82) is 0 Å². The Morgan fingerprint density at radius 3 is 2.45 bits per heavy atom. The molecule has 0 spiro atoms. The lowest BCUT2D eigenvalue weighted by Crippen LogP contribution is -2.04. The van der Waals surface area contributed by atoms with Gasteiger partial charge in [0.2, 0.25) is 0 Å². The molecule has 1 aromatic heterocycles. The number of carbonyl (C=O) groups is 1. The molecule has 0 unspecified atom stereocenters. The van der Waals surface area contributed by atoms with Crippen LogP contribution in [-0.2, 0) is 6.42 Å². The molecule has 0 aliphatic heterocycles. The molecule has 1 rings (SSSR count). The molecule has 1 aromatic rings. The Balaban J connectivity index is 2.07. The predicted molar refractivity (Wildman–Crippen MR) is 86.4 cm³/mol. The molecule has 0 fully saturated rings. The summed E-state index contributed by atoms with van der Waals surface area (Å²) in [5, 5.41) is 2.85. The van der Waals surface area contributed by atoms with Crippen LogP contribution in [0.15, 0.2) is 5.38 Å². The van der Waals surface area contributed by atoms with Gasteiger partial charge in [-0.2, -0.15) is 0 Å². The normalized spacial score (nSPS) is 10.9. The van der Waals surface area contributed by atoms with E-state index in [0.29, 0.717) is 18.7 Å². The van der Waals surface area contributed by atoms with E-state index in [1.165, 1.54) is 38.5 Å². The second kappa shape index (κ2) is 11.0. The van der Waals surface area contributed by atoms with Crippen molar-refractivity contribution in [3.63, 3.8) is 0 Å². The van der Waals surface area contributed by atoms with Crippen LogP contribution in [0.5, 0.6) is 0 Å². The van der Waals surface area contributed by atoms with E-state index in [1.54, 1.807) is 11.3 Å². The summed E-state index contributed by atoms with van der Waals surface area (Å²) in [7, 11) is 0. The van der Waals surface area contributed by atoms with E-state index in [9.17, 15) is 4.79 Å². The monoisotopic (exact) mass is 296 g/mol. The standard InChI is InChI=1S/C16H28N2OS/c1-2-3-4-5-6-7-8-9-10-15(19)14-13-20-16(18-14)11-12-17/h13H,2-12,17H2,1H3. The number of thiazole rings is 1. The van der Waals surface area contributed by atoms with Crippen molar-refractivity contribution in [2.75, 3.05) is 6.54 Å². The van der Waals surface area contributed by atoms with E-state index in [2.05, 4.69) is 11.9 Å². The molecule has 0 saturated carbocycles. The summed E-state index contributed by atoms with van der Waals surface area (Å²) in [5.41, 5.74) is 6.12. The fraction of sp³-hybridized carbons (Fsp3) is 0.750. The van der Waals surface area contributed by atoms with E-state index >= 15 is 0 Å². The van der Waals surface area contributed by atoms with E-state index in [4.69, 9.17) is 5.73 Å². The zero-order valence-corrected chi connectivity index (χ0v) is 13.5. The molecule has 4 heteroatoms. The average Bonchev–Trinajstić information content (AvgIpc) is 2.91. The first-order chi connectivity index (χ1) is 9.77. The summed E-state index contributed by atoms with van der Waals surface area (Å²) in [5.74, 6) is 0.190. The van der Waals surface area contributed by atoms with Gasteiger partial charge in [-0.05, 0) is 13.0 Å². The highest BCUT2D eigenvalue weighted by molar-refractivity contribution is 7.09. The Kier molecular flexibility index (Phi) is 9.50. The third-order valence-electron chi connectivity index (χ3n) is 3.45. The van der Waals surface area contributed by atoms with Crippen LogP contribution in [0.2, 0.25) is 0 Å². The Morgan fingerprint density at radius 1 is 1.15 bits per heavy atom. The summed E-state index contributed by atoms with van der Waals surface area (Å²) < 4.78 is 0. The fourth-order valence-electron chi connectivity index (χ4n) is 2.22. The fourth-order valence-corrected chi connectivity index (χ4v) is 3.04. The summed E-state index contributed by atoms with van der Waals surface area (Å²) >= 11 is 1.55. The maximum absolute atomic E-state index is 11.9. The summed E-state index contributed by atoms with van der Waals surface area (Å²) in [6, 6.07) is 0. The molecule has 0 saturated heterocycles. The Bertz CT molecular complexity index is 376.